The number of carbonyl (C=O) groups is 2. The van der Waals surface area contributed by atoms with Crippen molar-refractivity contribution in [3.63, 3.8) is 0 Å². The first kappa shape index (κ1) is 29.0. The van der Waals surface area contributed by atoms with Gasteiger partial charge in [0.25, 0.3) is 10.0 Å². The Labute approximate surface area is 235 Å². The first-order valence-electron chi connectivity index (χ1n) is 11.4. The third-order valence-corrected chi connectivity index (χ3v) is 8.43. The SMILES string of the molecule is CCNC(=O)[C@@H](C)N(Cc1ccc(Br)cc1)C(=O)CN(c1cc(Cl)ccc1Cl)S(=O)(=O)c1ccccc1. The molecule has 0 aliphatic carbocycles. The van der Waals surface area contributed by atoms with Crippen molar-refractivity contribution in [1.29, 1.82) is 0 Å². The van der Waals surface area contributed by atoms with Crippen molar-refractivity contribution in [3.8, 4) is 0 Å². The molecule has 0 unspecified atom stereocenters. The van der Waals surface area contributed by atoms with Crippen LogP contribution in [0.4, 0.5) is 5.69 Å². The Balaban J connectivity index is 2.05. The summed E-state index contributed by atoms with van der Waals surface area (Å²) in [4.78, 5) is 27.8. The molecule has 1 N–H and O–H groups in total. The number of carbonyl (C=O) groups excluding carboxylic acids is 2. The third kappa shape index (κ3) is 7.25. The van der Waals surface area contributed by atoms with E-state index < -0.39 is 28.5 Å². The van der Waals surface area contributed by atoms with E-state index in [2.05, 4.69) is 21.2 Å². The number of sulfonamides is 1. The lowest BCUT2D eigenvalue weighted by Gasteiger charge is -2.32. The molecule has 0 spiro atoms. The third-order valence-electron chi connectivity index (χ3n) is 5.57. The molecular weight excluding hydrogens is 601 g/mol. The molecule has 0 fully saturated rings. The molecule has 11 heteroatoms. The van der Waals surface area contributed by atoms with E-state index in [1.54, 1.807) is 32.0 Å². The number of amides is 2. The van der Waals surface area contributed by atoms with Crippen LogP contribution in [-0.2, 0) is 26.2 Å². The van der Waals surface area contributed by atoms with Gasteiger partial charge >= 0.3 is 0 Å². The Kier molecular flexibility index (Phi) is 10.0. The van der Waals surface area contributed by atoms with E-state index in [1.165, 1.54) is 35.2 Å². The fourth-order valence-electron chi connectivity index (χ4n) is 3.60. The fourth-order valence-corrected chi connectivity index (χ4v) is 5.75. The minimum absolute atomic E-state index is 0.0184. The molecule has 0 aliphatic rings. The maximum atomic E-state index is 13.8. The largest absolute Gasteiger partial charge is 0.355 e. The summed E-state index contributed by atoms with van der Waals surface area (Å²) >= 11 is 15.9. The summed E-state index contributed by atoms with van der Waals surface area (Å²) in [5.41, 5.74) is 0.826. The molecule has 0 radical (unpaired) electrons. The zero-order valence-corrected chi connectivity index (χ0v) is 24.1. The van der Waals surface area contributed by atoms with Crippen LogP contribution in [0.5, 0.6) is 0 Å². The maximum Gasteiger partial charge on any atom is 0.264 e. The Hall–Kier alpha value is -2.59. The average molecular weight is 627 g/mol. The monoisotopic (exact) mass is 625 g/mol. The van der Waals surface area contributed by atoms with Gasteiger partial charge < -0.3 is 10.2 Å². The van der Waals surface area contributed by atoms with Gasteiger partial charge in [-0.15, -0.1) is 0 Å². The highest BCUT2D eigenvalue weighted by Gasteiger charge is 2.33. The average Bonchev–Trinajstić information content (AvgIpc) is 2.88. The number of anilines is 1. The molecule has 3 rings (SSSR count). The van der Waals surface area contributed by atoms with Gasteiger partial charge in [0.05, 0.1) is 15.6 Å². The van der Waals surface area contributed by atoms with E-state index in [-0.39, 0.29) is 33.1 Å². The van der Waals surface area contributed by atoms with Gasteiger partial charge in [-0.05, 0) is 61.9 Å². The van der Waals surface area contributed by atoms with Gasteiger partial charge in [-0.1, -0.05) is 69.5 Å². The van der Waals surface area contributed by atoms with Crippen LogP contribution in [0.3, 0.4) is 0 Å². The van der Waals surface area contributed by atoms with Gasteiger partial charge in [0.2, 0.25) is 11.8 Å². The Morgan fingerprint density at radius 1 is 1.00 bits per heavy atom. The molecule has 0 aliphatic heterocycles. The molecule has 196 valence electrons. The second kappa shape index (κ2) is 12.8. The normalized spacial score (nSPS) is 12.0. The minimum atomic E-state index is -4.22. The summed E-state index contributed by atoms with van der Waals surface area (Å²) in [5.74, 6) is -0.941. The molecule has 0 bridgehead atoms. The zero-order valence-electron chi connectivity index (χ0n) is 20.2. The van der Waals surface area contributed by atoms with Gasteiger partial charge in [-0.2, -0.15) is 0 Å². The molecule has 1 atom stereocenters. The van der Waals surface area contributed by atoms with E-state index in [9.17, 15) is 18.0 Å². The van der Waals surface area contributed by atoms with E-state index in [4.69, 9.17) is 23.2 Å². The van der Waals surface area contributed by atoms with Crippen LogP contribution in [0.1, 0.15) is 19.4 Å². The van der Waals surface area contributed by atoms with E-state index in [1.807, 2.05) is 24.3 Å². The van der Waals surface area contributed by atoms with E-state index in [0.29, 0.717) is 6.54 Å². The van der Waals surface area contributed by atoms with Crippen molar-refractivity contribution < 1.29 is 18.0 Å². The molecule has 0 saturated carbocycles. The van der Waals surface area contributed by atoms with Crippen molar-refractivity contribution in [2.45, 2.75) is 31.3 Å². The van der Waals surface area contributed by atoms with Gasteiger partial charge in [0.15, 0.2) is 0 Å². The molecule has 2 amide bonds. The van der Waals surface area contributed by atoms with Crippen LogP contribution >= 0.6 is 39.1 Å². The number of halogens is 3. The number of rotatable bonds is 10. The summed E-state index contributed by atoms with van der Waals surface area (Å²) in [5, 5.41) is 3.08. The zero-order chi connectivity index (χ0) is 27.2. The number of likely N-dealkylation sites (N-methyl/N-ethyl adjacent to an activating group) is 1. The first-order valence-corrected chi connectivity index (χ1v) is 14.4. The van der Waals surface area contributed by atoms with Crippen molar-refractivity contribution in [3.05, 3.63) is 92.9 Å². The van der Waals surface area contributed by atoms with Crippen LogP contribution < -0.4 is 9.62 Å². The van der Waals surface area contributed by atoms with Crippen LogP contribution in [-0.4, -0.2) is 44.3 Å². The van der Waals surface area contributed by atoms with Crippen molar-refractivity contribution in [1.82, 2.24) is 10.2 Å². The quantitative estimate of drug-likeness (QED) is 0.322. The highest BCUT2D eigenvalue weighted by atomic mass is 79.9. The summed E-state index contributed by atoms with van der Waals surface area (Å²) in [7, 11) is -4.22. The highest BCUT2D eigenvalue weighted by molar-refractivity contribution is 9.10. The first-order chi connectivity index (χ1) is 17.5. The van der Waals surface area contributed by atoms with Crippen LogP contribution in [0.25, 0.3) is 0 Å². The second-order valence-corrected chi connectivity index (χ2v) is 11.8. The van der Waals surface area contributed by atoms with Gasteiger partial charge in [0, 0.05) is 22.6 Å². The standard InChI is InChI=1S/C26H26BrCl2N3O4S/c1-3-30-26(34)18(2)31(16-19-9-11-20(27)12-10-19)25(33)17-32(24-15-21(28)13-14-23(24)29)37(35,36)22-7-5-4-6-8-22/h4-15,18H,3,16-17H2,1-2H3,(H,30,34)/t18-/m1/s1. The summed E-state index contributed by atoms with van der Waals surface area (Å²) < 4.78 is 29.2. The molecule has 0 heterocycles. The maximum absolute atomic E-state index is 13.8. The molecule has 3 aromatic rings. The summed E-state index contributed by atoms with van der Waals surface area (Å²) in [6.07, 6.45) is 0. The van der Waals surface area contributed by atoms with Gasteiger partial charge in [-0.3, -0.25) is 13.9 Å². The number of nitrogens with one attached hydrogen (secondary N) is 1. The van der Waals surface area contributed by atoms with Gasteiger partial charge in [-0.25, -0.2) is 8.42 Å². The van der Waals surface area contributed by atoms with Crippen molar-refractivity contribution in [2.24, 2.45) is 0 Å². The lowest BCUT2D eigenvalue weighted by atomic mass is 10.1. The van der Waals surface area contributed by atoms with Crippen molar-refractivity contribution >= 4 is 66.7 Å². The second-order valence-electron chi connectivity index (χ2n) is 8.14. The summed E-state index contributed by atoms with van der Waals surface area (Å²) in [6, 6.07) is 18.5. The lowest BCUT2D eigenvalue weighted by Crippen LogP contribution is -2.51. The van der Waals surface area contributed by atoms with Crippen molar-refractivity contribution in [2.75, 3.05) is 17.4 Å². The lowest BCUT2D eigenvalue weighted by molar-refractivity contribution is -0.139. The number of benzene rings is 3. The van der Waals surface area contributed by atoms with Crippen LogP contribution in [0, 0.1) is 0 Å². The molecule has 3 aromatic carbocycles. The number of hydrogen-bond acceptors (Lipinski definition) is 4. The smallest absolute Gasteiger partial charge is 0.264 e. The highest BCUT2D eigenvalue weighted by Crippen LogP contribution is 2.33. The fraction of sp³-hybridized carbons (Fsp3) is 0.231. The minimum Gasteiger partial charge on any atom is -0.355 e. The van der Waals surface area contributed by atoms with Gasteiger partial charge in [0.1, 0.15) is 12.6 Å². The molecular formula is C26H26BrCl2N3O4S. The molecule has 37 heavy (non-hydrogen) atoms. The topological polar surface area (TPSA) is 86.8 Å². The van der Waals surface area contributed by atoms with E-state index in [0.717, 1.165) is 14.3 Å². The Morgan fingerprint density at radius 3 is 2.27 bits per heavy atom. The Bertz CT molecular complexity index is 1360. The molecule has 0 aromatic heterocycles. The Morgan fingerprint density at radius 2 is 1.65 bits per heavy atom. The summed E-state index contributed by atoms with van der Waals surface area (Å²) in [6.45, 7) is 3.26. The number of hydrogen-bond donors (Lipinski definition) is 1. The van der Waals surface area contributed by atoms with Crippen LogP contribution in [0.15, 0.2) is 82.2 Å². The number of nitrogens with zero attached hydrogens (tertiary/aromatic N) is 2. The van der Waals surface area contributed by atoms with E-state index >= 15 is 0 Å². The molecule has 0 saturated heterocycles. The van der Waals surface area contributed by atoms with Crippen LogP contribution in [0.2, 0.25) is 10.0 Å². The predicted molar refractivity (Wildman–Crippen MR) is 150 cm³/mol. The molecule has 7 nitrogen and oxygen atoms in total. The predicted octanol–water partition coefficient (Wildman–Crippen LogP) is 5.50.